The molecule has 1 aliphatic carbocycles. The van der Waals surface area contributed by atoms with Crippen molar-refractivity contribution in [2.24, 2.45) is 5.92 Å². The molecule has 23 heavy (non-hydrogen) atoms. The highest BCUT2D eigenvalue weighted by atomic mass is 16.4. The molecule has 0 aromatic heterocycles. The number of carboxylic acids is 1. The molecule has 0 bridgehead atoms. The fourth-order valence-electron chi connectivity index (χ4n) is 2.66. The van der Waals surface area contributed by atoms with E-state index in [1.807, 2.05) is 30.3 Å². The van der Waals surface area contributed by atoms with Crippen LogP contribution in [0.5, 0.6) is 0 Å². The highest BCUT2D eigenvalue weighted by Gasteiger charge is 2.28. The molecule has 0 aliphatic heterocycles. The first kappa shape index (κ1) is 15.3. The summed E-state index contributed by atoms with van der Waals surface area (Å²) < 4.78 is 0. The van der Waals surface area contributed by atoms with Gasteiger partial charge in [0.05, 0.1) is 12.0 Å². The quantitative estimate of drug-likeness (QED) is 0.890. The Hall–Kier alpha value is -2.62. The summed E-state index contributed by atoms with van der Waals surface area (Å²) in [4.78, 5) is 25.9. The number of carbonyl (C=O) groups excluding carboxylic acids is 1. The van der Waals surface area contributed by atoms with Crippen LogP contribution in [0.3, 0.4) is 0 Å². The van der Waals surface area contributed by atoms with E-state index in [-0.39, 0.29) is 17.9 Å². The highest BCUT2D eigenvalue weighted by molar-refractivity contribution is 5.97. The Morgan fingerprint density at radius 3 is 2.30 bits per heavy atom. The van der Waals surface area contributed by atoms with Gasteiger partial charge in [0.15, 0.2) is 0 Å². The van der Waals surface area contributed by atoms with Crippen LogP contribution in [-0.2, 0) is 11.2 Å². The van der Waals surface area contributed by atoms with Gasteiger partial charge in [0.1, 0.15) is 0 Å². The van der Waals surface area contributed by atoms with E-state index < -0.39 is 5.97 Å². The van der Waals surface area contributed by atoms with Crippen LogP contribution < -0.4 is 4.90 Å². The van der Waals surface area contributed by atoms with E-state index in [9.17, 15) is 14.7 Å². The molecule has 4 nitrogen and oxygen atoms in total. The largest absolute Gasteiger partial charge is 0.478 e. The Kier molecular flexibility index (Phi) is 4.42. The molecule has 0 spiro atoms. The standard InChI is InChI=1S/C19H19NO3/c21-18(12-15-6-4-5-9-17(15)19(22)23)20(13-14-10-11-14)16-7-2-1-3-8-16/h1-9,14H,10-13H2,(H,22,23). The van der Waals surface area contributed by atoms with Crippen molar-refractivity contribution in [3.8, 4) is 0 Å². The zero-order chi connectivity index (χ0) is 16.2. The summed E-state index contributed by atoms with van der Waals surface area (Å²) in [7, 11) is 0. The van der Waals surface area contributed by atoms with Gasteiger partial charge in [0.25, 0.3) is 0 Å². The lowest BCUT2D eigenvalue weighted by Crippen LogP contribution is -2.34. The predicted octanol–water partition coefficient (Wildman–Crippen LogP) is 3.37. The highest BCUT2D eigenvalue weighted by Crippen LogP contribution is 2.31. The third-order valence-corrected chi connectivity index (χ3v) is 4.10. The molecule has 0 radical (unpaired) electrons. The number of rotatable bonds is 6. The molecule has 0 unspecified atom stereocenters. The minimum Gasteiger partial charge on any atom is -0.478 e. The summed E-state index contributed by atoms with van der Waals surface area (Å²) >= 11 is 0. The number of para-hydroxylation sites is 1. The summed E-state index contributed by atoms with van der Waals surface area (Å²) in [5.41, 5.74) is 1.62. The average molecular weight is 309 g/mol. The molecule has 2 aromatic carbocycles. The van der Waals surface area contributed by atoms with Gasteiger partial charge in [-0.2, -0.15) is 0 Å². The molecule has 2 aromatic rings. The van der Waals surface area contributed by atoms with Crippen LogP contribution in [0, 0.1) is 5.92 Å². The van der Waals surface area contributed by atoms with Crippen molar-refractivity contribution in [1.29, 1.82) is 0 Å². The van der Waals surface area contributed by atoms with Gasteiger partial charge in [0, 0.05) is 12.2 Å². The lowest BCUT2D eigenvalue weighted by Gasteiger charge is -2.23. The number of carbonyl (C=O) groups is 2. The number of anilines is 1. The van der Waals surface area contributed by atoms with Crippen molar-refractivity contribution in [3.05, 3.63) is 65.7 Å². The van der Waals surface area contributed by atoms with E-state index in [0.717, 1.165) is 18.5 Å². The first-order chi connectivity index (χ1) is 11.1. The van der Waals surface area contributed by atoms with Gasteiger partial charge in [-0.05, 0) is 42.5 Å². The first-order valence-corrected chi connectivity index (χ1v) is 7.82. The zero-order valence-corrected chi connectivity index (χ0v) is 12.8. The molecule has 3 rings (SSSR count). The van der Waals surface area contributed by atoms with Gasteiger partial charge >= 0.3 is 5.97 Å². The van der Waals surface area contributed by atoms with Crippen molar-refractivity contribution in [1.82, 2.24) is 0 Å². The molecule has 1 aliphatic rings. The fourth-order valence-corrected chi connectivity index (χ4v) is 2.66. The van der Waals surface area contributed by atoms with Crippen LogP contribution in [0.2, 0.25) is 0 Å². The Morgan fingerprint density at radius 2 is 1.65 bits per heavy atom. The second-order valence-corrected chi connectivity index (χ2v) is 5.92. The van der Waals surface area contributed by atoms with Crippen molar-refractivity contribution in [2.45, 2.75) is 19.3 Å². The van der Waals surface area contributed by atoms with Crippen molar-refractivity contribution in [3.63, 3.8) is 0 Å². The minimum absolute atomic E-state index is 0.0585. The summed E-state index contributed by atoms with van der Waals surface area (Å²) in [6.07, 6.45) is 2.41. The van der Waals surface area contributed by atoms with E-state index in [2.05, 4.69) is 0 Å². The smallest absolute Gasteiger partial charge is 0.335 e. The molecule has 1 fully saturated rings. The Morgan fingerprint density at radius 1 is 1.00 bits per heavy atom. The van der Waals surface area contributed by atoms with Gasteiger partial charge in [-0.1, -0.05) is 36.4 Å². The predicted molar refractivity (Wildman–Crippen MR) is 88.6 cm³/mol. The van der Waals surface area contributed by atoms with Crippen LogP contribution in [0.4, 0.5) is 5.69 Å². The number of hydrogen-bond donors (Lipinski definition) is 1. The first-order valence-electron chi connectivity index (χ1n) is 7.82. The zero-order valence-electron chi connectivity index (χ0n) is 12.8. The second kappa shape index (κ2) is 6.65. The Balaban J connectivity index is 1.83. The number of nitrogens with zero attached hydrogens (tertiary/aromatic N) is 1. The van der Waals surface area contributed by atoms with Crippen molar-refractivity contribution < 1.29 is 14.7 Å². The van der Waals surface area contributed by atoms with Crippen LogP contribution in [0.15, 0.2) is 54.6 Å². The molecule has 1 N–H and O–H groups in total. The van der Waals surface area contributed by atoms with E-state index in [4.69, 9.17) is 0 Å². The van der Waals surface area contributed by atoms with Crippen LogP contribution >= 0.6 is 0 Å². The van der Waals surface area contributed by atoms with Crippen LogP contribution in [0.1, 0.15) is 28.8 Å². The lowest BCUT2D eigenvalue weighted by atomic mass is 10.0. The van der Waals surface area contributed by atoms with E-state index >= 15 is 0 Å². The number of aromatic carboxylic acids is 1. The van der Waals surface area contributed by atoms with E-state index in [1.54, 1.807) is 29.2 Å². The molecule has 1 saturated carbocycles. The van der Waals surface area contributed by atoms with Gasteiger partial charge < -0.3 is 10.0 Å². The third-order valence-electron chi connectivity index (χ3n) is 4.10. The van der Waals surface area contributed by atoms with Crippen molar-refractivity contribution in [2.75, 3.05) is 11.4 Å². The van der Waals surface area contributed by atoms with Gasteiger partial charge in [-0.25, -0.2) is 4.79 Å². The molecule has 118 valence electrons. The molecule has 0 saturated heterocycles. The number of benzene rings is 2. The van der Waals surface area contributed by atoms with Crippen LogP contribution in [0.25, 0.3) is 0 Å². The molecular formula is C19H19NO3. The Labute approximate surface area is 135 Å². The van der Waals surface area contributed by atoms with Gasteiger partial charge in [-0.3, -0.25) is 4.79 Å². The van der Waals surface area contributed by atoms with E-state index in [1.165, 1.54) is 0 Å². The van der Waals surface area contributed by atoms with Gasteiger partial charge in [0.2, 0.25) is 5.91 Å². The van der Waals surface area contributed by atoms with E-state index in [0.29, 0.717) is 18.0 Å². The summed E-state index contributed by atoms with van der Waals surface area (Å²) in [5, 5.41) is 9.26. The Bertz CT molecular complexity index is 708. The number of amides is 1. The summed E-state index contributed by atoms with van der Waals surface area (Å²) in [5.74, 6) is -0.493. The lowest BCUT2D eigenvalue weighted by molar-refractivity contribution is -0.118. The molecule has 4 heteroatoms. The second-order valence-electron chi connectivity index (χ2n) is 5.92. The number of carboxylic acid groups (broad SMARTS) is 1. The maximum absolute atomic E-state index is 12.8. The molecule has 1 amide bonds. The average Bonchev–Trinajstić information content (AvgIpc) is 3.38. The van der Waals surface area contributed by atoms with Crippen molar-refractivity contribution >= 4 is 17.6 Å². The monoisotopic (exact) mass is 309 g/mol. The van der Waals surface area contributed by atoms with Crippen LogP contribution in [-0.4, -0.2) is 23.5 Å². The third kappa shape index (κ3) is 3.77. The fraction of sp³-hybridized carbons (Fsp3) is 0.263. The molecule has 0 atom stereocenters. The molecular weight excluding hydrogens is 290 g/mol. The SMILES string of the molecule is O=C(O)c1ccccc1CC(=O)N(CC1CC1)c1ccccc1. The van der Waals surface area contributed by atoms with Gasteiger partial charge in [-0.15, -0.1) is 0 Å². The normalized spacial score (nSPS) is 13.6. The summed E-state index contributed by atoms with van der Waals surface area (Å²) in [6, 6.07) is 16.3. The maximum Gasteiger partial charge on any atom is 0.335 e. The minimum atomic E-state index is -0.998. The maximum atomic E-state index is 12.8. The summed E-state index contributed by atoms with van der Waals surface area (Å²) in [6.45, 7) is 0.706. The molecule has 0 heterocycles. The number of hydrogen-bond acceptors (Lipinski definition) is 2. The topological polar surface area (TPSA) is 57.6 Å².